The second kappa shape index (κ2) is 5.98. The van der Waals surface area contributed by atoms with Gasteiger partial charge in [-0.2, -0.15) is 0 Å². The van der Waals surface area contributed by atoms with Crippen LogP contribution in [-0.2, 0) is 0 Å². The van der Waals surface area contributed by atoms with Gasteiger partial charge in [-0.15, -0.1) is 0 Å². The number of hydrogen-bond acceptors (Lipinski definition) is 4. The number of nitrogen functional groups attached to an aromatic ring is 1. The lowest BCUT2D eigenvalue weighted by atomic mass is 10.0. The molecule has 0 aliphatic rings. The average Bonchev–Trinajstić information content (AvgIpc) is 3.12. The van der Waals surface area contributed by atoms with E-state index in [0.29, 0.717) is 39.2 Å². The van der Waals surface area contributed by atoms with E-state index in [-0.39, 0.29) is 11.6 Å². The molecular formula is C20H17FN4O2. The minimum Gasteiger partial charge on any atom is -0.508 e. The predicted molar refractivity (Wildman–Crippen MR) is 101 cm³/mol. The van der Waals surface area contributed by atoms with Crippen LogP contribution < -0.4 is 5.73 Å². The number of benzene rings is 2. The zero-order valence-corrected chi connectivity index (χ0v) is 14.7. The maximum Gasteiger partial charge on any atom is 0.143 e. The molecule has 0 radical (unpaired) electrons. The Balaban J connectivity index is 2.22. The highest BCUT2D eigenvalue weighted by Gasteiger charge is 2.26. The van der Waals surface area contributed by atoms with Gasteiger partial charge in [-0.25, -0.2) is 4.39 Å². The molecule has 0 fully saturated rings. The van der Waals surface area contributed by atoms with Crippen molar-refractivity contribution in [3.63, 3.8) is 0 Å². The maximum atomic E-state index is 14.0. The lowest BCUT2D eigenvalue weighted by molar-refractivity contribution is 0.393. The summed E-state index contributed by atoms with van der Waals surface area (Å²) in [5.74, 6) is 0.0986. The summed E-state index contributed by atoms with van der Waals surface area (Å²) in [5, 5.41) is 22.3. The first-order chi connectivity index (χ1) is 12.9. The van der Waals surface area contributed by atoms with Gasteiger partial charge in [0.2, 0.25) is 0 Å². The molecule has 6 nitrogen and oxygen atoms in total. The number of nitrogens with one attached hydrogen (secondary N) is 1. The Morgan fingerprint density at radius 2 is 1.89 bits per heavy atom. The van der Waals surface area contributed by atoms with E-state index in [4.69, 9.17) is 15.7 Å². The van der Waals surface area contributed by atoms with E-state index in [9.17, 15) is 9.50 Å². The lowest BCUT2D eigenvalue weighted by Gasteiger charge is -2.12. The number of phenols is 1. The number of nitrogens with two attached hydrogens (primary N) is 1. The van der Waals surface area contributed by atoms with Crippen molar-refractivity contribution in [3.8, 4) is 22.7 Å². The van der Waals surface area contributed by atoms with Crippen LogP contribution in [0.2, 0.25) is 0 Å². The molecule has 0 spiro atoms. The topological polar surface area (TPSA) is 101 Å². The van der Waals surface area contributed by atoms with Gasteiger partial charge in [-0.05, 0) is 56.3 Å². The molecule has 0 unspecified atom stereocenters. The first kappa shape index (κ1) is 16.8. The molecule has 0 aliphatic heterocycles. The highest BCUT2D eigenvalue weighted by molar-refractivity contribution is 6.14. The van der Waals surface area contributed by atoms with Crippen LogP contribution in [0.3, 0.4) is 0 Å². The van der Waals surface area contributed by atoms with Crippen LogP contribution >= 0.6 is 0 Å². The normalized spacial score (nSPS) is 11.2. The minimum absolute atomic E-state index is 0.131. The smallest absolute Gasteiger partial charge is 0.143 e. The third-order valence-electron chi connectivity index (χ3n) is 4.58. The number of fused-ring (bicyclic) bond motifs is 1. The largest absolute Gasteiger partial charge is 0.508 e. The van der Waals surface area contributed by atoms with E-state index in [1.54, 1.807) is 44.2 Å². The molecule has 136 valence electrons. The molecule has 0 saturated carbocycles. The van der Waals surface area contributed by atoms with Gasteiger partial charge in [0, 0.05) is 11.1 Å². The van der Waals surface area contributed by atoms with Gasteiger partial charge in [0.15, 0.2) is 0 Å². The molecule has 2 aromatic carbocycles. The molecule has 0 amide bonds. The highest BCUT2D eigenvalue weighted by atomic mass is 19.1. The first-order valence-electron chi connectivity index (χ1n) is 8.29. The third kappa shape index (κ3) is 2.55. The zero-order valence-electron chi connectivity index (χ0n) is 14.7. The van der Waals surface area contributed by atoms with Gasteiger partial charge in [-0.1, -0.05) is 5.16 Å². The second-order valence-corrected chi connectivity index (χ2v) is 6.35. The quantitative estimate of drug-likeness (QED) is 0.377. The summed E-state index contributed by atoms with van der Waals surface area (Å²) in [6.45, 7) is 3.58. The fourth-order valence-corrected chi connectivity index (χ4v) is 3.46. The molecule has 2 aromatic heterocycles. The summed E-state index contributed by atoms with van der Waals surface area (Å²) in [5.41, 5.74) is 9.67. The van der Waals surface area contributed by atoms with E-state index >= 15 is 0 Å². The standard InChI is InChI=1S/C20H17FN4O2/c1-10-17(11(2)27-24-10)19-18(20(22)23)15-9-12(21)3-8-16(15)25(19)13-4-6-14(26)7-5-13/h3-9,26H,1-2H3,(H3,22,23). The van der Waals surface area contributed by atoms with Gasteiger partial charge in [0.1, 0.15) is 23.2 Å². The van der Waals surface area contributed by atoms with Crippen LogP contribution in [0.15, 0.2) is 47.0 Å². The highest BCUT2D eigenvalue weighted by Crippen LogP contribution is 2.39. The van der Waals surface area contributed by atoms with E-state index in [1.165, 1.54) is 12.1 Å². The van der Waals surface area contributed by atoms with Gasteiger partial charge in [-0.3, -0.25) is 5.41 Å². The van der Waals surface area contributed by atoms with Crippen molar-refractivity contribution in [3.05, 3.63) is 65.3 Å². The third-order valence-corrected chi connectivity index (χ3v) is 4.58. The first-order valence-corrected chi connectivity index (χ1v) is 8.29. The number of amidine groups is 1. The Morgan fingerprint density at radius 1 is 1.19 bits per heavy atom. The fraction of sp³-hybridized carbons (Fsp3) is 0.100. The number of aromatic hydroxyl groups is 1. The minimum atomic E-state index is -0.418. The molecule has 0 saturated heterocycles. The lowest BCUT2D eigenvalue weighted by Crippen LogP contribution is -2.13. The van der Waals surface area contributed by atoms with E-state index in [2.05, 4.69) is 5.16 Å². The van der Waals surface area contributed by atoms with Gasteiger partial charge in [0.05, 0.1) is 28.0 Å². The van der Waals surface area contributed by atoms with Crippen LogP contribution in [0.25, 0.3) is 27.8 Å². The predicted octanol–water partition coefficient (Wildman–Crippen LogP) is 4.03. The van der Waals surface area contributed by atoms with Crippen molar-refractivity contribution in [2.45, 2.75) is 13.8 Å². The number of halogens is 1. The molecule has 4 aromatic rings. The van der Waals surface area contributed by atoms with E-state index in [0.717, 1.165) is 5.69 Å². The fourth-order valence-electron chi connectivity index (χ4n) is 3.46. The Hall–Kier alpha value is -3.61. The molecule has 7 heteroatoms. The SMILES string of the molecule is Cc1noc(C)c1-c1c(C(=N)N)c2cc(F)ccc2n1-c1ccc(O)cc1. The maximum absolute atomic E-state index is 14.0. The van der Waals surface area contributed by atoms with Crippen LogP contribution in [-0.4, -0.2) is 20.7 Å². The monoisotopic (exact) mass is 364 g/mol. The van der Waals surface area contributed by atoms with Crippen LogP contribution in [0, 0.1) is 25.1 Å². The summed E-state index contributed by atoms with van der Waals surface area (Å²) in [4.78, 5) is 0. The molecule has 0 bridgehead atoms. The Bertz CT molecular complexity index is 1170. The van der Waals surface area contributed by atoms with Crippen molar-refractivity contribution < 1.29 is 14.0 Å². The van der Waals surface area contributed by atoms with Crippen LogP contribution in [0.4, 0.5) is 4.39 Å². The Morgan fingerprint density at radius 3 is 2.48 bits per heavy atom. The number of phenolic OH excluding ortho intramolecular Hbond substituents is 1. The molecule has 4 N–H and O–H groups in total. The summed E-state index contributed by atoms with van der Waals surface area (Å²) in [6, 6.07) is 11.0. The van der Waals surface area contributed by atoms with Gasteiger partial charge in [0.25, 0.3) is 0 Å². The number of aromatic nitrogens is 2. The van der Waals surface area contributed by atoms with Gasteiger partial charge >= 0.3 is 0 Å². The molecule has 0 aliphatic carbocycles. The number of nitrogens with zero attached hydrogens (tertiary/aromatic N) is 2. The van der Waals surface area contributed by atoms with E-state index in [1.807, 2.05) is 4.57 Å². The molecule has 4 rings (SSSR count). The molecular weight excluding hydrogens is 347 g/mol. The summed E-state index contributed by atoms with van der Waals surface area (Å²) >= 11 is 0. The average molecular weight is 364 g/mol. The summed E-state index contributed by atoms with van der Waals surface area (Å²) < 4.78 is 21.2. The van der Waals surface area contributed by atoms with Crippen molar-refractivity contribution in [1.29, 1.82) is 5.41 Å². The second-order valence-electron chi connectivity index (χ2n) is 6.35. The van der Waals surface area contributed by atoms with Crippen molar-refractivity contribution >= 4 is 16.7 Å². The summed E-state index contributed by atoms with van der Waals surface area (Å²) in [7, 11) is 0. The molecule has 27 heavy (non-hydrogen) atoms. The number of rotatable bonds is 3. The number of aryl methyl sites for hydroxylation is 2. The van der Waals surface area contributed by atoms with Crippen molar-refractivity contribution in [2.75, 3.05) is 0 Å². The van der Waals surface area contributed by atoms with E-state index < -0.39 is 5.82 Å². The zero-order chi connectivity index (χ0) is 19.3. The summed E-state index contributed by atoms with van der Waals surface area (Å²) in [6.07, 6.45) is 0. The van der Waals surface area contributed by atoms with Crippen LogP contribution in [0.5, 0.6) is 5.75 Å². The van der Waals surface area contributed by atoms with Crippen LogP contribution in [0.1, 0.15) is 17.0 Å². The molecule has 2 heterocycles. The Kier molecular flexibility index (Phi) is 3.73. The van der Waals surface area contributed by atoms with Crippen molar-refractivity contribution in [2.24, 2.45) is 5.73 Å². The Labute approximate surface area is 154 Å². The number of hydrogen-bond donors (Lipinski definition) is 3. The van der Waals surface area contributed by atoms with Crippen molar-refractivity contribution in [1.82, 2.24) is 9.72 Å². The van der Waals surface area contributed by atoms with Gasteiger partial charge < -0.3 is 19.9 Å². The molecule has 0 atom stereocenters.